The van der Waals surface area contributed by atoms with Crippen LogP contribution in [0.4, 0.5) is 0 Å². The van der Waals surface area contributed by atoms with Crippen LogP contribution in [-0.4, -0.2) is 34.2 Å². The topological polar surface area (TPSA) is 57.9 Å². The third kappa shape index (κ3) is 1.18. The Bertz CT molecular complexity index is 327. The van der Waals surface area contributed by atoms with E-state index in [0.29, 0.717) is 12.1 Å². The van der Waals surface area contributed by atoms with Crippen molar-refractivity contribution in [2.75, 3.05) is 13.1 Å². The highest BCUT2D eigenvalue weighted by molar-refractivity contribution is 5.23. The summed E-state index contributed by atoms with van der Waals surface area (Å²) in [4.78, 5) is 2.46. The zero-order chi connectivity index (χ0) is 9.54. The van der Waals surface area contributed by atoms with Crippen LogP contribution in [0.1, 0.15) is 30.1 Å². The summed E-state index contributed by atoms with van der Waals surface area (Å²) in [6.07, 6.45) is 5.69. The zero-order valence-corrected chi connectivity index (χ0v) is 8.24. The molecular weight excluding hydrogens is 176 g/mol. The predicted molar refractivity (Wildman–Crippen MR) is 53.8 cm³/mol. The van der Waals surface area contributed by atoms with Crippen LogP contribution in [0.2, 0.25) is 0 Å². The van der Waals surface area contributed by atoms with E-state index in [-0.39, 0.29) is 0 Å². The van der Waals surface area contributed by atoms with Gasteiger partial charge in [-0.05, 0) is 24.8 Å². The van der Waals surface area contributed by atoms with Crippen molar-refractivity contribution >= 4 is 0 Å². The molecule has 1 atom stereocenters. The second kappa shape index (κ2) is 3.07. The molecular formula is C10H16N4. The molecule has 2 heterocycles. The first-order valence-electron chi connectivity index (χ1n) is 5.36. The van der Waals surface area contributed by atoms with Crippen molar-refractivity contribution in [2.45, 2.75) is 31.3 Å². The number of aromatic amines is 1. The van der Waals surface area contributed by atoms with Gasteiger partial charge in [0.2, 0.25) is 0 Å². The number of rotatable bonds is 1. The highest BCUT2D eigenvalue weighted by atomic mass is 15.3. The van der Waals surface area contributed by atoms with Crippen molar-refractivity contribution in [3.05, 3.63) is 17.5 Å². The summed E-state index contributed by atoms with van der Waals surface area (Å²) in [5.41, 5.74) is 8.54. The third-order valence-electron chi connectivity index (χ3n) is 3.39. The molecule has 0 amide bonds. The van der Waals surface area contributed by atoms with E-state index in [2.05, 4.69) is 15.1 Å². The van der Waals surface area contributed by atoms with E-state index in [4.69, 9.17) is 5.73 Å². The van der Waals surface area contributed by atoms with Crippen LogP contribution in [0.25, 0.3) is 0 Å². The Morgan fingerprint density at radius 3 is 3.14 bits per heavy atom. The fourth-order valence-electron chi connectivity index (χ4n) is 2.61. The van der Waals surface area contributed by atoms with E-state index in [9.17, 15) is 0 Å². The monoisotopic (exact) mass is 192 g/mol. The Balaban J connectivity index is 1.82. The Morgan fingerprint density at radius 2 is 2.36 bits per heavy atom. The van der Waals surface area contributed by atoms with Gasteiger partial charge in [-0.25, -0.2) is 0 Å². The van der Waals surface area contributed by atoms with Gasteiger partial charge >= 0.3 is 0 Å². The fourth-order valence-corrected chi connectivity index (χ4v) is 2.61. The smallest absolute Gasteiger partial charge is 0.0555 e. The molecule has 2 aliphatic rings. The lowest BCUT2D eigenvalue weighted by Gasteiger charge is -2.43. The maximum atomic E-state index is 5.80. The normalized spacial score (nSPS) is 28.5. The summed E-state index contributed by atoms with van der Waals surface area (Å²) in [6, 6.07) is 0.948. The summed E-state index contributed by atoms with van der Waals surface area (Å²) in [5, 5.41) is 7.27. The zero-order valence-electron chi connectivity index (χ0n) is 8.24. The number of likely N-dealkylation sites (tertiary alicyclic amines) is 1. The van der Waals surface area contributed by atoms with Crippen LogP contribution < -0.4 is 5.73 Å². The molecule has 14 heavy (non-hydrogen) atoms. The molecule has 1 fully saturated rings. The maximum absolute atomic E-state index is 5.80. The average molecular weight is 192 g/mol. The lowest BCUT2D eigenvalue weighted by Crippen LogP contribution is -2.57. The molecule has 1 aliphatic heterocycles. The first kappa shape index (κ1) is 8.44. The largest absolute Gasteiger partial charge is 0.325 e. The molecule has 0 spiro atoms. The number of aryl methyl sites for hydroxylation is 1. The van der Waals surface area contributed by atoms with E-state index in [1.54, 1.807) is 0 Å². The maximum Gasteiger partial charge on any atom is 0.0555 e. The first-order valence-corrected chi connectivity index (χ1v) is 5.36. The molecule has 3 N–H and O–H groups in total. The second-order valence-corrected chi connectivity index (χ2v) is 4.43. The minimum absolute atomic E-state index is 0.392. The standard InChI is InChI=1S/C10H16N4/c11-8-5-14(6-8)9-3-1-2-7-4-12-13-10(7)9/h4,8-9H,1-3,5-6,11H2,(H,12,13). The van der Waals surface area contributed by atoms with Crippen LogP contribution in [0.5, 0.6) is 0 Å². The number of hydrogen-bond donors (Lipinski definition) is 2. The number of nitrogens with one attached hydrogen (secondary N) is 1. The van der Waals surface area contributed by atoms with Gasteiger partial charge in [0.25, 0.3) is 0 Å². The van der Waals surface area contributed by atoms with Gasteiger partial charge in [0.1, 0.15) is 0 Å². The molecule has 0 bridgehead atoms. The Morgan fingerprint density at radius 1 is 1.50 bits per heavy atom. The van der Waals surface area contributed by atoms with Gasteiger partial charge in [0.15, 0.2) is 0 Å². The Labute approximate surface area is 83.5 Å². The molecule has 1 unspecified atom stereocenters. The van der Waals surface area contributed by atoms with Crippen molar-refractivity contribution in [1.82, 2.24) is 15.1 Å². The van der Waals surface area contributed by atoms with Gasteiger partial charge in [0, 0.05) is 19.1 Å². The molecule has 4 nitrogen and oxygen atoms in total. The van der Waals surface area contributed by atoms with E-state index in [1.807, 2.05) is 6.20 Å². The summed E-state index contributed by atoms with van der Waals surface area (Å²) in [6.45, 7) is 2.09. The van der Waals surface area contributed by atoms with Gasteiger partial charge in [-0.2, -0.15) is 5.10 Å². The summed E-state index contributed by atoms with van der Waals surface area (Å²) in [7, 11) is 0. The summed E-state index contributed by atoms with van der Waals surface area (Å²) in [5.74, 6) is 0. The van der Waals surface area contributed by atoms with Crippen LogP contribution in [0, 0.1) is 0 Å². The predicted octanol–water partition coefficient (Wildman–Crippen LogP) is 0.430. The number of fused-ring (bicyclic) bond motifs is 1. The minimum Gasteiger partial charge on any atom is -0.325 e. The van der Waals surface area contributed by atoms with Crippen molar-refractivity contribution in [3.8, 4) is 0 Å². The summed E-state index contributed by atoms with van der Waals surface area (Å²) >= 11 is 0. The van der Waals surface area contributed by atoms with Crippen LogP contribution in [0.15, 0.2) is 6.20 Å². The first-order chi connectivity index (χ1) is 6.84. The lowest BCUT2D eigenvalue weighted by molar-refractivity contribution is 0.0809. The molecule has 1 aromatic rings. The van der Waals surface area contributed by atoms with Crippen LogP contribution in [0.3, 0.4) is 0 Å². The second-order valence-electron chi connectivity index (χ2n) is 4.43. The average Bonchev–Trinajstić information content (AvgIpc) is 2.60. The van der Waals surface area contributed by atoms with Crippen LogP contribution >= 0.6 is 0 Å². The molecule has 1 saturated heterocycles. The van der Waals surface area contributed by atoms with Crippen molar-refractivity contribution in [3.63, 3.8) is 0 Å². The van der Waals surface area contributed by atoms with Crippen LogP contribution in [-0.2, 0) is 6.42 Å². The van der Waals surface area contributed by atoms with E-state index >= 15 is 0 Å². The molecule has 1 aliphatic carbocycles. The highest BCUT2D eigenvalue weighted by Gasteiger charge is 2.34. The Hall–Kier alpha value is -0.870. The van der Waals surface area contributed by atoms with Gasteiger partial charge in [-0.1, -0.05) is 0 Å². The molecule has 1 aromatic heterocycles. The number of hydrogen-bond acceptors (Lipinski definition) is 3. The van der Waals surface area contributed by atoms with E-state index in [0.717, 1.165) is 13.1 Å². The van der Waals surface area contributed by atoms with E-state index in [1.165, 1.54) is 30.5 Å². The van der Waals surface area contributed by atoms with E-state index < -0.39 is 0 Å². The fraction of sp³-hybridized carbons (Fsp3) is 0.700. The SMILES string of the molecule is NC1CN(C2CCCc3cn[nH]c32)C1. The summed E-state index contributed by atoms with van der Waals surface area (Å²) < 4.78 is 0. The molecule has 3 rings (SSSR count). The van der Waals surface area contributed by atoms with Crippen molar-refractivity contribution in [1.29, 1.82) is 0 Å². The number of H-pyrrole nitrogens is 1. The molecule has 0 radical (unpaired) electrons. The van der Waals surface area contributed by atoms with Gasteiger partial charge in [0.05, 0.1) is 17.9 Å². The van der Waals surface area contributed by atoms with Gasteiger partial charge in [-0.15, -0.1) is 0 Å². The molecule has 76 valence electrons. The van der Waals surface area contributed by atoms with Gasteiger partial charge in [-0.3, -0.25) is 10.00 Å². The number of nitrogens with two attached hydrogens (primary N) is 1. The molecule has 0 saturated carbocycles. The number of nitrogens with zero attached hydrogens (tertiary/aromatic N) is 2. The minimum atomic E-state index is 0.392. The lowest BCUT2D eigenvalue weighted by atomic mass is 9.90. The molecule has 4 heteroatoms. The van der Waals surface area contributed by atoms with Crippen molar-refractivity contribution in [2.24, 2.45) is 5.73 Å². The Kier molecular flexibility index (Phi) is 1.85. The highest BCUT2D eigenvalue weighted by Crippen LogP contribution is 2.34. The third-order valence-corrected chi connectivity index (χ3v) is 3.39. The number of aromatic nitrogens is 2. The molecule has 0 aromatic carbocycles. The quantitative estimate of drug-likeness (QED) is 0.678. The van der Waals surface area contributed by atoms with Crippen molar-refractivity contribution < 1.29 is 0 Å². The van der Waals surface area contributed by atoms with Gasteiger partial charge < -0.3 is 5.73 Å².